The second kappa shape index (κ2) is 13.0. The van der Waals surface area contributed by atoms with Gasteiger partial charge in [-0.05, 0) is 66.7 Å². The van der Waals surface area contributed by atoms with E-state index in [-0.39, 0.29) is 0 Å². The van der Waals surface area contributed by atoms with Crippen molar-refractivity contribution in [3.63, 3.8) is 0 Å². The molecule has 11 rings (SSSR count). The van der Waals surface area contributed by atoms with Crippen LogP contribution in [0, 0.1) is 0 Å². The van der Waals surface area contributed by atoms with Crippen LogP contribution >= 0.6 is 0 Å². The first kappa shape index (κ1) is 31.7. The molecule has 4 aromatic heterocycles. The van der Waals surface area contributed by atoms with Gasteiger partial charge in [-0.1, -0.05) is 115 Å². The van der Waals surface area contributed by atoms with E-state index in [1.165, 1.54) is 21.7 Å². The molecule has 4 heterocycles. The minimum Gasteiger partial charge on any atom is -0.317 e. The van der Waals surface area contributed by atoms with E-state index < -0.39 is 0 Å². The van der Waals surface area contributed by atoms with E-state index in [0.717, 1.165) is 50.0 Å². The molecule has 0 aliphatic rings. The van der Waals surface area contributed by atoms with Gasteiger partial charge < -0.3 is 9.13 Å². The molecule has 0 amide bonds. The first-order chi connectivity index (χ1) is 27.7. The van der Waals surface area contributed by atoms with E-state index in [9.17, 15) is 0 Å². The lowest BCUT2D eigenvalue weighted by Gasteiger charge is -2.12. The molecule has 0 aliphatic carbocycles. The molecule has 0 spiro atoms. The van der Waals surface area contributed by atoms with Crippen molar-refractivity contribution in [3.05, 3.63) is 188 Å². The summed E-state index contributed by atoms with van der Waals surface area (Å²) in [6, 6.07) is 62.5. The molecule has 56 heavy (non-hydrogen) atoms. The van der Waals surface area contributed by atoms with E-state index in [0.29, 0.717) is 29.0 Å². The highest BCUT2D eigenvalue weighted by molar-refractivity contribution is 6.13. The van der Waals surface area contributed by atoms with Crippen LogP contribution in [0.4, 0.5) is 0 Å². The summed E-state index contributed by atoms with van der Waals surface area (Å²) in [5.74, 6) is 2.26. The number of nitrogens with zero attached hydrogens (tertiary/aromatic N) is 7. The average molecular weight is 718 g/mol. The maximum atomic E-state index is 5.19. The highest BCUT2D eigenvalue weighted by Gasteiger charge is 2.19. The number of fused-ring (bicyclic) bond motifs is 5. The Morgan fingerprint density at radius 1 is 0.339 bits per heavy atom. The molecule has 0 radical (unpaired) electrons. The van der Waals surface area contributed by atoms with Gasteiger partial charge in [-0.25, -0.2) is 24.9 Å². The molecule has 0 unspecified atom stereocenters. The zero-order valence-corrected chi connectivity index (χ0v) is 30.0. The van der Waals surface area contributed by atoms with Crippen LogP contribution in [-0.2, 0) is 0 Å². The Morgan fingerprint density at radius 3 is 1.62 bits per heavy atom. The van der Waals surface area contributed by atoms with Crippen molar-refractivity contribution < 1.29 is 0 Å². The van der Waals surface area contributed by atoms with Crippen LogP contribution < -0.4 is 0 Å². The first-order valence-electron chi connectivity index (χ1n) is 18.6. The lowest BCUT2D eigenvalue weighted by atomic mass is 10.1. The zero-order valence-electron chi connectivity index (χ0n) is 30.0. The normalized spacial score (nSPS) is 11.6. The summed E-state index contributed by atoms with van der Waals surface area (Å²) < 4.78 is 4.61. The van der Waals surface area contributed by atoms with E-state index >= 15 is 0 Å². The fraction of sp³-hybridized carbons (Fsp3) is 0. The molecule has 262 valence electrons. The molecule has 7 aromatic carbocycles. The Balaban J connectivity index is 1.05. The monoisotopic (exact) mass is 717 g/mol. The van der Waals surface area contributed by atoms with Crippen LogP contribution in [-0.4, -0.2) is 34.1 Å². The van der Waals surface area contributed by atoms with Gasteiger partial charge in [0, 0.05) is 55.8 Å². The van der Waals surface area contributed by atoms with Gasteiger partial charge in [0.15, 0.2) is 23.3 Å². The van der Waals surface area contributed by atoms with Crippen LogP contribution in [0.5, 0.6) is 0 Å². The molecule has 0 atom stereocenters. The van der Waals surface area contributed by atoms with Crippen LogP contribution in [0.2, 0.25) is 0 Å². The molecular formula is C49H31N7. The molecule has 0 bridgehead atoms. The third kappa shape index (κ3) is 5.33. The number of hydrogen-bond acceptors (Lipinski definition) is 5. The second-order valence-electron chi connectivity index (χ2n) is 13.8. The molecule has 7 nitrogen and oxygen atoms in total. The minimum absolute atomic E-state index is 0.492. The van der Waals surface area contributed by atoms with Gasteiger partial charge in [-0.3, -0.25) is 0 Å². The van der Waals surface area contributed by atoms with Gasteiger partial charge in [0.1, 0.15) is 5.69 Å². The number of para-hydroxylation sites is 3. The summed E-state index contributed by atoms with van der Waals surface area (Å²) >= 11 is 0. The Bertz CT molecular complexity index is 3170. The molecule has 11 aromatic rings. The van der Waals surface area contributed by atoms with Crippen molar-refractivity contribution in [2.45, 2.75) is 0 Å². The molecule has 0 saturated carbocycles. The van der Waals surface area contributed by atoms with Crippen LogP contribution in [0.3, 0.4) is 0 Å². The molecule has 0 saturated heterocycles. The van der Waals surface area contributed by atoms with Crippen molar-refractivity contribution >= 4 is 43.6 Å². The largest absolute Gasteiger partial charge is 0.317 e. The summed E-state index contributed by atoms with van der Waals surface area (Å²) in [4.78, 5) is 25.2. The Morgan fingerprint density at radius 2 is 0.911 bits per heavy atom. The van der Waals surface area contributed by atoms with Crippen LogP contribution in [0.15, 0.2) is 188 Å². The standard InChI is InChI=1S/C49H31N7/c1-4-14-32(15-5-1)47-52-48(33-16-6-2-7-17-33)54-49(53-47)45-39-21-10-12-22-41(39)50-46(51-45)34-24-26-37(27-25-34)56-42-23-13-11-20-38(42)40-31-43-35(30-44(40)56)28-29-55(43)36-18-8-3-9-19-36/h1-31H. The fourth-order valence-electron chi connectivity index (χ4n) is 7.74. The molecular weight excluding hydrogens is 687 g/mol. The van der Waals surface area contributed by atoms with Crippen molar-refractivity contribution in [1.82, 2.24) is 34.1 Å². The van der Waals surface area contributed by atoms with Gasteiger partial charge in [0.05, 0.1) is 22.1 Å². The number of rotatable bonds is 6. The van der Waals surface area contributed by atoms with Gasteiger partial charge >= 0.3 is 0 Å². The van der Waals surface area contributed by atoms with Gasteiger partial charge in [0.2, 0.25) is 0 Å². The number of benzene rings is 7. The van der Waals surface area contributed by atoms with Crippen LogP contribution in [0.1, 0.15) is 0 Å². The lowest BCUT2D eigenvalue weighted by Crippen LogP contribution is -2.03. The summed E-state index contributed by atoms with van der Waals surface area (Å²) in [5.41, 5.74) is 9.85. The third-order valence-electron chi connectivity index (χ3n) is 10.4. The smallest absolute Gasteiger partial charge is 0.183 e. The van der Waals surface area contributed by atoms with Gasteiger partial charge in [0.25, 0.3) is 0 Å². The molecule has 7 heteroatoms. The van der Waals surface area contributed by atoms with Crippen molar-refractivity contribution in [3.8, 4) is 57.1 Å². The maximum absolute atomic E-state index is 5.19. The fourth-order valence-corrected chi connectivity index (χ4v) is 7.74. The second-order valence-corrected chi connectivity index (χ2v) is 13.8. The Hall–Kier alpha value is -7.77. The topological polar surface area (TPSA) is 74.3 Å². The van der Waals surface area contributed by atoms with Crippen molar-refractivity contribution in [1.29, 1.82) is 0 Å². The number of aromatic nitrogens is 7. The van der Waals surface area contributed by atoms with E-state index in [4.69, 9.17) is 24.9 Å². The predicted molar refractivity (Wildman–Crippen MR) is 226 cm³/mol. The highest BCUT2D eigenvalue weighted by Crippen LogP contribution is 2.37. The summed E-state index contributed by atoms with van der Waals surface area (Å²) in [7, 11) is 0. The molecule has 0 N–H and O–H groups in total. The Labute approximate surface area is 321 Å². The quantitative estimate of drug-likeness (QED) is 0.171. The van der Waals surface area contributed by atoms with E-state index in [1.54, 1.807) is 0 Å². The third-order valence-corrected chi connectivity index (χ3v) is 10.4. The summed E-state index contributed by atoms with van der Waals surface area (Å²) in [6.45, 7) is 0. The molecule has 0 fully saturated rings. The average Bonchev–Trinajstić information content (AvgIpc) is 3.84. The molecule has 0 aliphatic heterocycles. The zero-order chi connectivity index (χ0) is 37.0. The Kier molecular flexibility index (Phi) is 7.35. The van der Waals surface area contributed by atoms with Gasteiger partial charge in [-0.2, -0.15) is 0 Å². The first-order valence-corrected chi connectivity index (χ1v) is 18.6. The van der Waals surface area contributed by atoms with Crippen molar-refractivity contribution in [2.75, 3.05) is 0 Å². The minimum atomic E-state index is 0.492. The van der Waals surface area contributed by atoms with Crippen molar-refractivity contribution in [2.24, 2.45) is 0 Å². The SMILES string of the molecule is c1ccc(-c2nc(-c3ccccc3)nc(-c3nc(-c4ccc(-n5c6ccccc6c6cc7c(ccn7-c7ccccc7)cc65)cc4)nc4ccccc34)n2)cc1. The van der Waals surface area contributed by atoms with E-state index in [1.807, 2.05) is 84.9 Å². The number of hydrogen-bond donors (Lipinski definition) is 0. The summed E-state index contributed by atoms with van der Waals surface area (Å²) in [5, 5.41) is 4.47. The van der Waals surface area contributed by atoms with E-state index in [2.05, 4.69) is 112 Å². The van der Waals surface area contributed by atoms with Crippen LogP contribution in [0.25, 0.3) is 101 Å². The summed E-state index contributed by atoms with van der Waals surface area (Å²) in [6.07, 6.45) is 2.15. The lowest BCUT2D eigenvalue weighted by molar-refractivity contribution is 1.06. The predicted octanol–water partition coefficient (Wildman–Crippen LogP) is 11.5. The van der Waals surface area contributed by atoms with Gasteiger partial charge in [-0.15, -0.1) is 0 Å². The highest BCUT2D eigenvalue weighted by atomic mass is 15.1. The maximum Gasteiger partial charge on any atom is 0.183 e.